The summed E-state index contributed by atoms with van der Waals surface area (Å²) < 4.78 is 1.09. The maximum atomic E-state index is 6.02. The van der Waals surface area contributed by atoms with E-state index < -0.39 is 0 Å². The van der Waals surface area contributed by atoms with E-state index in [0.717, 1.165) is 10.9 Å². The maximum absolute atomic E-state index is 6.02. The van der Waals surface area contributed by atoms with Crippen LogP contribution in [0.1, 0.15) is 12.5 Å². The van der Waals surface area contributed by atoms with Gasteiger partial charge in [-0.1, -0.05) is 46.3 Å². The summed E-state index contributed by atoms with van der Waals surface area (Å²) in [6, 6.07) is 16.9. The van der Waals surface area contributed by atoms with E-state index >= 15 is 0 Å². The lowest BCUT2D eigenvalue weighted by molar-refractivity contribution is 0.742. The van der Waals surface area contributed by atoms with Gasteiger partial charge in [0.15, 0.2) is 0 Å². The van der Waals surface area contributed by atoms with E-state index in [1.54, 1.807) is 0 Å². The molecule has 0 aliphatic rings. The summed E-state index contributed by atoms with van der Waals surface area (Å²) in [6.07, 6.45) is 0.870. The fourth-order valence-electron chi connectivity index (χ4n) is 2.60. The first kappa shape index (κ1) is 13.4. The Hall–Kier alpha value is -1.58. The van der Waals surface area contributed by atoms with Gasteiger partial charge in [0.25, 0.3) is 0 Å². The van der Waals surface area contributed by atoms with E-state index in [2.05, 4.69) is 69.4 Å². The lowest BCUT2D eigenvalue weighted by Gasteiger charge is -2.08. The standard InChI is InChI=1S/C17H17BrN2/c1-11(19)10-15-14-4-2-3-5-16(14)20-17(15)12-6-8-13(18)9-7-12/h2-9,11,20H,10,19H2,1H3. The Morgan fingerprint density at radius 2 is 1.80 bits per heavy atom. The number of fused-ring (bicyclic) bond motifs is 1. The van der Waals surface area contributed by atoms with Crippen LogP contribution in [0.15, 0.2) is 53.0 Å². The highest BCUT2D eigenvalue weighted by Gasteiger charge is 2.14. The predicted molar refractivity (Wildman–Crippen MR) is 88.8 cm³/mol. The molecule has 0 spiro atoms. The van der Waals surface area contributed by atoms with E-state index in [0.29, 0.717) is 0 Å². The molecule has 0 saturated heterocycles. The third-order valence-corrected chi connectivity index (χ3v) is 4.00. The Bertz CT molecular complexity index is 726. The number of halogens is 1. The van der Waals surface area contributed by atoms with Crippen LogP contribution in [-0.4, -0.2) is 11.0 Å². The van der Waals surface area contributed by atoms with Crippen LogP contribution in [0.2, 0.25) is 0 Å². The first-order valence-electron chi connectivity index (χ1n) is 6.76. The van der Waals surface area contributed by atoms with Gasteiger partial charge in [-0.05, 0) is 42.7 Å². The van der Waals surface area contributed by atoms with Crippen LogP contribution in [0, 0.1) is 0 Å². The summed E-state index contributed by atoms with van der Waals surface area (Å²) in [7, 11) is 0. The fourth-order valence-corrected chi connectivity index (χ4v) is 2.86. The van der Waals surface area contributed by atoms with Crippen molar-refractivity contribution in [2.24, 2.45) is 5.73 Å². The lowest BCUT2D eigenvalue weighted by Crippen LogP contribution is -2.18. The zero-order valence-electron chi connectivity index (χ0n) is 11.4. The van der Waals surface area contributed by atoms with Crippen LogP contribution in [0.3, 0.4) is 0 Å². The Kier molecular flexibility index (Phi) is 3.64. The molecule has 102 valence electrons. The molecule has 0 amide bonds. The van der Waals surface area contributed by atoms with Gasteiger partial charge >= 0.3 is 0 Å². The van der Waals surface area contributed by atoms with E-state index in [4.69, 9.17) is 5.73 Å². The SMILES string of the molecule is CC(N)Cc1c(-c2ccc(Br)cc2)[nH]c2ccccc12. The molecule has 3 N–H and O–H groups in total. The Balaban J connectivity index is 2.20. The van der Waals surface area contributed by atoms with Gasteiger partial charge in [0.1, 0.15) is 0 Å². The second-order valence-corrected chi connectivity index (χ2v) is 6.13. The number of para-hydroxylation sites is 1. The molecule has 0 fully saturated rings. The Morgan fingerprint density at radius 3 is 2.50 bits per heavy atom. The Morgan fingerprint density at radius 1 is 1.10 bits per heavy atom. The predicted octanol–water partition coefficient (Wildman–Crippen LogP) is 4.49. The molecule has 1 heterocycles. The topological polar surface area (TPSA) is 41.8 Å². The molecule has 0 aliphatic heterocycles. The normalized spacial score (nSPS) is 12.8. The molecule has 20 heavy (non-hydrogen) atoms. The summed E-state index contributed by atoms with van der Waals surface area (Å²) in [5.74, 6) is 0. The molecule has 1 aromatic heterocycles. The minimum Gasteiger partial charge on any atom is -0.354 e. The van der Waals surface area contributed by atoms with Gasteiger partial charge in [0.2, 0.25) is 0 Å². The highest BCUT2D eigenvalue weighted by atomic mass is 79.9. The molecule has 3 rings (SSSR count). The molecule has 0 radical (unpaired) electrons. The molecule has 0 bridgehead atoms. The molecule has 2 nitrogen and oxygen atoms in total. The van der Waals surface area contributed by atoms with Crippen molar-refractivity contribution >= 4 is 26.8 Å². The molecule has 2 aromatic carbocycles. The summed E-state index contributed by atoms with van der Waals surface area (Å²) in [5, 5.41) is 1.27. The number of aromatic amines is 1. The van der Waals surface area contributed by atoms with E-state index in [-0.39, 0.29) is 6.04 Å². The van der Waals surface area contributed by atoms with Crippen molar-refractivity contribution in [3.63, 3.8) is 0 Å². The van der Waals surface area contributed by atoms with Crippen LogP contribution < -0.4 is 5.73 Å². The van der Waals surface area contributed by atoms with Crippen molar-refractivity contribution in [2.45, 2.75) is 19.4 Å². The van der Waals surface area contributed by atoms with Gasteiger partial charge in [0.05, 0.1) is 0 Å². The van der Waals surface area contributed by atoms with Crippen molar-refractivity contribution in [3.05, 3.63) is 58.6 Å². The van der Waals surface area contributed by atoms with Crippen LogP contribution in [0.4, 0.5) is 0 Å². The zero-order valence-corrected chi connectivity index (χ0v) is 12.9. The second-order valence-electron chi connectivity index (χ2n) is 5.21. The molecule has 3 aromatic rings. The van der Waals surface area contributed by atoms with Gasteiger partial charge in [0, 0.05) is 27.1 Å². The quantitative estimate of drug-likeness (QED) is 0.730. The van der Waals surface area contributed by atoms with Crippen LogP contribution in [-0.2, 0) is 6.42 Å². The van der Waals surface area contributed by atoms with Crippen LogP contribution in [0.25, 0.3) is 22.2 Å². The largest absolute Gasteiger partial charge is 0.354 e. The first-order chi connectivity index (χ1) is 9.65. The number of benzene rings is 2. The molecule has 0 aliphatic carbocycles. The van der Waals surface area contributed by atoms with Gasteiger partial charge in [-0.25, -0.2) is 0 Å². The number of rotatable bonds is 3. The number of aromatic nitrogens is 1. The number of H-pyrrole nitrogens is 1. The van der Waals surface area contributed by atoms with Crippen molar-refractivity contribution in [3.8, 4) is 11.3 Å². The van der Waals surface area contributed by atoms with Gasteiger partial charge in [-0.2, -0.15) is 0 Å². The molecule has 0 saturated carbocycles. The monoisotopic (exact) mass is 328 g/mol. The number of hydrogen-bond donors (Lipinski definition) is 2. The average molecular weight is 329 g/mol. The summed E-state index contributed by atoms with van der Waals surface area (Å²) >= 11 is 3.48. The molecular formula is C17H17BrN2. The Labute approximate surface area is 127 Å². The summed E-state index contributed by atoms with van der Waals surface area (Å²) in [5.41, 5.74) is 10.9. The highest BCUT2D eigenvalue weighted by Crippen LogP contribution is 2.31. The van der Waals surface area contributed by atoms with Crippen molar-refractivity contribution in [2.75, 3.05) is 0 Å². The average Bonchev–Trinajstić information content (AvgIpc) is 2.78. The molecule has 1 unspecified atom stereocenters. The summed E-state index contributed by atoms with van der Waals surface area (Å²) in [6.45, 7) is 2.05. The van der Waals surface area contributed by atoms with E-state index in [1.807, 2.05) is 6.92 Å². The van der Waals surface area contributed by atoms with E-state index in [9.17, 15) is 0 Å². The smallest absolute Gasteiger partial charge is 0.0497 e. The van der Waals surface area contributed by atoms with Crippen molar-refractivity contribution < 1.29 is 0 Å². The fraction of sp³-hybridized carbons (Fsp3) is 0.176. The molecule has 1 atom stereocenters. The minimum atomic E-state index is 0.142. The second kappa shape index (κ2) is 5.43. The third-order valence-electron chi connectivity index (χ3n) is 3.47. The number of nitrogens with two attached hydrogens (primary N) is 1. The van der Waals surface area contributed by atoms with Crippen LogP contribution >= 0.6 is 15.9 Å². The maximum Gasteiger partial charge on any atom is 0.0497 e. The highest BCUT2D eigenvalue weighted by molar-refractivity contribution is 9.10. The van der Waals surface area contributed by atoms with E-state index in [1.165, 1.54) is 27.7 Å². The minimum absolute atomic E-state index is 0.142. The molecular weight excluding hydrogens is 312 g/mol. The van der Waals surface area contributed by atoms with Gasteiger partial charge in [-0.3, -0.25) is 0 Å². The number of nitrogens with one attached hydrogen (secondary N) is 1. The summed E-state index contributed by atoms with van der Waals surface area (Å²) in [4.78, 5) is 3.53. The molecule has 3 heteroatoms. The van der Waals surface area contributed by atoms with Crippen LogP contribution in [0.5, 0.6) is 0 Å². The van der Waals surface area contributed by atoms with Gasteiger partial charge in [-0.15, -0.1) is 0 Å². The zero-order chi connectivity index (χ0) is 14.1. The first-order valence-corrected chi connectivity index (χ1v) is 7.55. The van der Waals surface area contributed by atoms with Gasteiger partial charge < -0.3 is 10.7 Å². The van der Waals surface area contributed by atoms with Crippen molar-refractivity contribution in [1.82, 2.24) is 4.98 Å². The van der Waals surface area contributed by atoms with Crippen molar-refractivity contribution in [1.29, 1.82) is 0 Å². The third kappa shape index (κ3) is 2.51. The lowest BCUT2D eigenvalue weighted by atomic mass is 10.00. The number of hydrogen-bond acceptors (Lipinski definition) is 1.